The fourth-order valence-corrected chi connectivity index (χ4v) is 7.66. The van der Waals surface area contributed by atoms with Crippen molar-refractivity contribution >= 4 is 5.91 Å². The van der Waals surface area contributed by atoms with E-state index in [0.29, 0.717) is 12.8 Å². The maximum Gasteiger partial charge on any atom is 0.220 e. The predicted molar refractivity (Wildman–Crippen MR) is 235 cm³/mol. The van der Waals surface area contributed by atoms with E-state index in [1.807, 2.05) is 0 Å². The van der Waals surface area contributed by atoms with Crippen molar-refractivity contribution in [3.63, 3.8) is 0 Å². The van der Waals surface area contributed by atoms with E-state index in [0.717, 1.165) is 44.9 Å². The molecule has 0 aromatic carbocycles. The number of nitrogens with one attached hydrogen (secondary N) is 1. The van der Waals surface area contributed by atoms with E-state index >= 15 is 0 Å². The average molecular weight is 810 g/mol. The summed E-state index contributed by atoms with van der Waals surface area (Å²) in [6, 6.07) is -0.718. The van der Waals surface area contributed by atoms with Gasteiger partial charge in [0.25, 0.3) is 0 Å². The number of rotatable bonds is 40. The number of ether oxygens (including phenoxy) is 2. The number of aliphatic hydroxyl groups is 5. The summed E-state index contributed by atoms with van der Waals surface area (Å²) in [6.45, 7) is 3.82. The summed E-state index contributed by atoms with van der Waals surface area (Å²) in [4.78, 5) is 13.0. The minimum absolute atomic E-state index is 0.138. The van der Waals surface area contributed by atoms with Crippen molar-refractivity contribution in [2.45, 2.75) is 262 Å². The third-order valence-electron chi connectivity index (χ3n) is 11.6. The summed E-state index contributed by atoms with van der Waals surface area (Å²) in [7, 11) is 0. The second-order valence-electron chi connectivity index (χ2n) is 16.9. The lowest BCUT2D eigenvalue weighted by atomic mass is 9.99. The van der Waals surface area contributed by atoms with Crippen LogP contribution in [0.2, 0.25) is 0 Å². The van der Waals surface area contributed by atoms with Crippen LogP contribution in [0, 0.1) is 0 Å². The van der Waals surface area contributed by atoms with Gasteiger partial charge in [0.2, 0.25) is 5.91 Å². The predicted octanol–water partition coefficient (Wildman–Crippen LogP) is 10.3. The number of carbonyl (C=O) groups excluding carboxylic acids is 1. The number of amides is 1. The molecule has 1 saturated heterocycles. The zero-order chi connectivity index (χ0) is 41.6. The molecule has 1 amide bonds. The Balaban J connectivity index is 2.28. The van der Waals surface area contributed by atoms with Gasteiger partial charge in [-0.15, -0.1) is 0 Å². The highest BCUT2D eigenvalue weighted by Crippen LogP contribution is 2.23. The highest BCUT2D eigenvalue weighted by molar-refractivity contribution is 5.76. The van der Waals surface area contributed by atoms with Gasteiger partial charge in [0.15, 0.2) is 6.29 Å². The molecule has 7 unspecified atom stereocenters. The van der Waals surface area contributed by atoms with E-state index in [4.69, 9.17) is 9.47 Å². The average Bonchev–Trinajstić information content (AvgIpc) is 3.21. The number of hydrogen-bond acceptors (Lipinski definition) is 8. The Bertz CT molecular complexity index is 945. The molecule has 1 fully saturated rings. The third kappa shape index (κ3) is 29.5. The standard InChI is InChI=1S/C48H91NO8/c1-3-5-7-9-11-13-15-17-18-19-20-21-22-23-24-26-28-30-32-34-36-38-44(52)49-41(40-56-48-47(55)46(54)45(53)43(39-50)57-48)42(51)37-35-33-31-29-27-25-16-14-12-10-8-6-4-2/h15,17,19-20,41-43,45-48,50-51,53-55H,3-14,16,18,21-40H2,1-2H3,(H,49,52)/b17-15-,20-19-. The fraction of sp³-hybridized carbons (Fsp3) is 0.896. The summed E-state index contributed by atoms with van der Waals surface area (Å²) in [6.07, 6.45) is 38.9. The molecule has 0 aromatic rings. The summed E-state index contributed by atoms with van der Waals surface area (Å²) >= 11 is 0. The van der Waals surface area contributed by atoms with Crippen molar-refractivity contribution in [2.24, 2.45) is 0 Å². The molecule has 336 valence electrons. The van der Waals surface area contributed by atoms with Crippen LogP contribution in [0.1, 0.15) is 219 Å². The number of allylic oxidation sites excluding steroid dienone is 4. The Labute approximate surface area is 349 Å². The Morgan fingerprint density at radius 1 is 0.596 bits per heavy atom. The number of hydrogen-bond donors (Lipinski definition) is 6. The first-order chi connectivity index (χ1) is 27.8. The summed E-state index contributed by atoms with van der Waals surface area (Å²) in [5.74, 6) is -0.148. The van der Waals surface area contributed by atoms with Crippen molar-refractivity contribution in [2.75, 3.05) is 13.2 Å². The topological polar surface area (TPSA) is 149 Å². The lowest BCUT2D eigenvalue weighted by Gasteiger charge is -2.40. The fourth-order valence-electron chi connectivity index (χ4n) is 7.66. The second kappa shape index (κ2) is 38.8. The number of aliphatic hydroxyl groups excluding tert-OH is 5. The van der Waals surface area contributed by atoms with Gasteiger partial charge in [-0.25, -0.2) is 0 Å². The Hall–Kier alpha value is -1.33. The van der Waals surface area contributed by atoms with Crippen LogP contribution in [0.15, 0.2) is 24.3 Å². The monoisotopic (exact) mass is 810 g/mol. The Morgan fingerprint density at radius 2 is 1.04 bits per heavy atom. The van der Waals surface area contributed by atoms with Gasteiger partial charge in [-0.3, -0.25) is 4.79 Å². The van der Waals surface area contributed by atoms with Crippen LogP contribution in [-0.4, -0.2) is 87.5 Å². The van der Waals surface area contributed by atoms with E-state index in [2.05, 4.69) is 43.5 Å². The summed E-state index contributed by atoms with van der Waals surface area (Å²) in [5, 5.41) is 54.4. The summed E-state index contributed by atoms with van der Waals surface area (Å²) in [5.41, 5.74) is 0. The van der Waals surface area contributed by atoms with Crippen LogP contribution in [0.4, 0.5) is 0 Å². The van der Waals surface area contributed by atoms with Crippen LogP contribution in [-0.2, 0) is 14.3 Å². The Morgan fingerprint density at radius 3 is 1.51 bits per heavy atom. The molecule has 1 aliphatic rings. The molecule has 0 aromatic heterocycles. The van der Waals surface area contributed by atoms with Gasteiger partial charge >= 0.3 is 0 Å². The molecular weight excluding hydrogens is 719 g/mol. The molecule has 7 atom stereocenters. The quantitative estimate of drug-likeness (QED) is 0.0265. The minimum Gasteiger partial charge on any atom is -0.394 e. The normalized spacial score (nSPS) is 21.1. The minimum atomic E-state index is -1.55. The SMILES string of the molecule is CCCCCCC/C=C\C/C=C\CCCCCCCCCCCC(=O)NC(COC1OC(CO)C(O)C(O)C1O)C(O)CCCCCCCCCCCCCCC. The van der Waals surface area contributed by atoms with Gasteiger partial charge < -0.3 is 40.3 Å². The maximum absolute atomic E-state index is 13.0. The van der Waals surface area contributed by atoms with Crippen molar-refractivity contribution in [3.05, 3.63) is 24.3 Å². The molecule has 1 aliphatic heterocycles. The molecule has 0 spiro atoms. The maximum atomic E-state index is 13.0. The van der Waals surface area contributed by atoms with Crippen molar-refractivity contribution in [1.82, 2.24) is 5.32 Å². The highest BCUT2D eigenvalue weighted by atomic mass is 16.7. The first-order valence-electron chi connectivity index (χ1n) is 24.0. The van der Waals surface area contributed by atoms with E-state index in [-0.39, 0.29) is 12.5 Å². The van der Waals surface area contributed by atoms with E-state index < -0.39 is 49.5 Å². The van der Waals surface area contributed by atoms with Gasteiger partial charge in [-0.2, -0.15) is 0 Å². The van der Waals surface area contributed by atoms with E-state index in [1.165, 1.54) is 148 Å². The van der Waals surface area contributed by atoms with Gasteiger partial charge in [-0.1, -0.05) is 192 Å². The van der Waals surface area contributed by atoms with Crippen molar-refractivity contribution in [1.29, 1.82) is 0 Å². The van der Waals surface area contributed by atoms with Gasteiger partial charge in [0.05, 0.1) is 25.4 Å². The van der Waals surface area contributed by atoms with Crippen molar-refractivity contribution < 1.29 is 39.8 Å². The molecule has 9 heteroatoms. The molecule has 0 aliphatic carbocycles. The number of carbonyl (C=O) groups is 1. The summed E-state index contributed by atoms with van der Waals surface area (Å²) < 4.78 is 11.3. The van der Waals surface area contributed by atoms with Crippen LogP contribution in [0.3, 0.4) is 0 Å². The van der Waals surface area contributed by atoms with Crippen LogP contribution in [0.25, 0.3) is 0 Å². The molecule has 6 N–H and O–H groups in total. The zero-order valence-electron chi connectivity index (χ0n) is 36.9. The first kappa shape index (κ1) is 53.7. The molecule has 1 heterocycles. The zero-order valence-corrected chi connectivity index (χ0v) is 36.9. The van der Waals surface area contributed by atoms with Crippen molar-refractivity contribution in [3.8, 4) is 0 Å². The molecule has 0 saturated carbocycles. The molecular formula is C48H91NO8. The van der Waals surface area contributed by atoms with E-state index in [1.54, 1.807) is 0 Å². The first-order valence-corrected chi connectivity index (χ1v) is 24.0. The molecule has 1 rings (SSSR count). The lowest BCUT2D eigenvalue weighted by molar-refractivity contribution is -0.302. The number of unbranched alkanes of at least 4 members (excludes halogenated alkanes) is 26. The molecule has 0 radical (unpaired) electrons. The molecule has 9 nitrogen and oxygen atoms in total. The van der Waals surface area contributed by atoms with Gasteiger partial charge in [0.1, 0.15) is 24.4 Å². The highest BCUT2D eigenvalue weighted by Gasteiger charge is 2.44. The molecule has 0 bridgehead atoms. The third-order valence-corrected chi connectivity index (χ3v) is 11.6. The smallest absolute Gasteiger partial charge is 0.220 e. The molecule has 57 heavy (non-hydrogen) atoms. The van der Waals surface area contributed by atoms with Crippen LogP contribution >= 0.6 is 0 Å². The Kier molecular flexibility index (Phi) is 36.6. The van der Waals surface area contributed by atoms with Crippen LogP contribution < -0.4 is 5.32 Å². The lowest BCUT2D eigenvalue weighted by Crippen LogP contribution is -2.60. The second-order valence-corrected chi connectivity index (χ2v) is 16.9. The van der Waals surface area contributed by atoms with Gasteiger partial charge in [-0.05, 0) is 44.9 Å². The van der Waals surface area contributed by atoms with E-state index in [9.17, 15) is 30.3 Å². The van der Waals surface area contributed by atoms with Crippen LogP contribution in [0.5, 0.6) is 0 Å². The largest absolute Gasteiger partial charge is 0.394 e. The van der Waals surface area contributed by atoms with Gasteiger partial charge in [0, 0.05) is 6.42 Å².